The van der Waals surface area contributed by atoms with Gasteiger partial charge in [0.05, 0.1) is 11.4 Å². The molecule has 1 aliphatic rings. The summed E-state index contributed by atoms with van der Waals surface area (Å²) in [5.74, 6) is -1.33. The van der Waals surface area contributed by atoms with Gasteiger partial charge in [-0.25, -0.2) is 0 Å². The number of piperidine rings is 1. The monoisotopic (exact) mass is 417 g/mol. The number of para-hydroxylation sites is 1. The Morgan fingerprint density at radius 3 is 2.53 bits per heavy atom. The molecule has 164 valence electrons. The van der Waals surface area contributed by atoms with E-state index in [4.69, 9.17) is 5.11 Å². The zero-order chi connectivity index (χ0) is 22.1. The first-order chi connectivity index (χ1) is 14.3. The van der Waals surface area contributed by atoms with Gasteiger partial charge in [-0.3, -0.25) is 24.5 Å². The molecule has 1 saturated heterocycles. The zero-order valence-electron chi connectivity index (χ0n) is 17.7. The quantitative estimate of drug-likeness (QED) is 0.307. The van der Waals surface area contributed by atoms with Crippen molar-refractivity contribution in [2.24, 2.45) is 0 Å². The van der Waals surface area contributed by atoms with Gasteiger partial charge < -0.3 is 14.9 Å². The van der Waals surface area contributed by atoms with Crippen molar-refractivity contribution in [1.82, 2.24) is 5.32 Å². The number of anilines is 2. The lowest BCUT2D eigenvalue weighted by molar-refractivity contribution is -0.137. The molecule has 30 heavy (non-hydrogen) atoms. The molecule has 0 saturated carbocycles. The molecular weight excluding hydrogens is 386 g/mol. The lowest BCUT2D eigenvalue weighted by atomic mass is 9.99. The second kappa shape index (κ2) is 11.3. The fraction of sp³-hybridized carbons (Fsp3) is 0.545. The number of carbonyl (C=O) groups excluding carboxylic acids is 3. The van der Waals surface area contributed by atoms with Crippen LogP contribution in [0.3, 0.4) is 0 Å². The average molecular weight is 418 g/mol. The van der Waals surface area contributed by atoms with E-state index in [0.29, 0.717) is 19.3 Å². The second-order valence-corrected chi connectivity index (χ2v) is 7.74. The maximum absolute atomic E-state index is 12.3. The molecule has 1 aromatic carbocycles. The van der Waals surface area contributed by atoms with Crippen molar-refractivity contribution >= 4 is 35.6 Å². The van der Waals surface area contributed by atoms with Crippen molar-refractivity contribution in [1.29, 1.82) is 0 Å². The predicted octanol–water partition coefficient (Wildman–Crippen LogP) is 2.49. The molecular formula is C22H31N3O5. The van der Waals surface area contributed by atoms with Crippen LogP contribution in [0.5, 0.6) is 0 Å². The van der Waals surface area contributed by atoms with Gasteiger partial charge in [0, 0.05) is 26.9 Å². The number of unbranched alkanes of at least 4 members (excludes halogenated alkanes) is 4. The van der Waals surface area contributed by atoms with Crippen molar-refractivity contribution in [2.75, 3.05) is 23.9 Å². The number of nitrogens with one attached hydrogen (secondary N) is 1. The highest BCUT2D eigenvalue weighted by Crippen LogP contribution is 2.34. The van der Waals surface area contributed by atoms with Crippen LogP contribution >= 0.6 is 0 Å². The van der Waals surface area contributed by atoms with Gasteiger partial charge in [-0.05, 0) is 37.3 Å². The Bertz CT molecular complexity index is 780. The van der Waals surface area contributed by atoms with Gasteiger partial charge >= 0.3 is 5.97 Å². The minimum absolute atomic E-state index is 0.211. The number of benzene rings is 1. The molecule has 0 bridgehead atoms. The number of aryl methyl sites for hydroxylation is 1. The van der Waals surface area contributed by atoms with Gasteiger partial charge in [0.2, 0.25) is 18.2 Å². The second-order valence-electron chi connectivity index (χ2n) is 7.74. The number of imide groups is 1. The molecule has 0 aromatic heterocycles. The minimum atomic E-state index is -0.756. The number of carboxylic acid groups (broad SMARTS) is 1. The fourth-order valence-corrected chi connectivity index (χ4v) is 3.87. The summed E-state index contributed by atoms with van der Waals surface area (Å²) in [5, 5.41) is 11.1. The molecule has 1 heterocycles. The third-order valence-corrected chi connectivity index (χ3v) is 5.50. The van der Waals surface area contributed by atoms with E-state index in [1.165, 1.54) is 4.90 Å². The van der Waals surface area contributed by atoms with Gasteiger partial charge in [0.1, 0.15) is 6.04 Å². The SMILES string of the molecule is CN(C=O)c1c(CCCCCCCC(=O)O)cccc1N(C)C1CCC(=O)NC1=O. The van der Waals surface area contributed by atoms with Crippen LogP contribution < -0.4 is 15.1 Å². The lowest BCUT2D eigenvalue weighted by Crippen LogP contribution is -2.51. The number of hydrogen-bond acceptors (Lipinski definition) is 5. The summed E-state index contributed by atoms with van der Waals surface area (Å²) in [4.78, 5) is 49.3. The Morgan fingerprint density at radius 2 is 1.87 bits per heavy atom. The van der Waals surface area contributed by atoms with E-state index >= 15 is 0 Å². The van der Waals surface area contributed by atoms with Crippen LogP contribution in [-0.2, 0) is 25.6 Å². The third kappa shape index (κ3) is 6.30. The van der Waals surface area contributed by atoms with Crippen molar-refractivity contribution in [2.45, 2.75) is 63.8 Å². The summed E-state index contributed by atoms with van der Waals surface area (Å²) in [6, 6.07) is 5.32. The summed E-state index contributed by atoms with van der Waals surface area (Å²) in [6.45, 7) is 0. The van der Waals surface area contributed by atoms with E-state index in [1.807, 2.05) is 30.1 Å². The van der Waals surface area contributed by atoms with Crippen molar-refractivity contribution < 1.29 is 24.3 Å². The number of amides is 3. The van der Waals surface area contributed by atoms with Crippen LogP contribution in [0.15, 0.2) is 18.2 Å². The van der Waals surface area contributed by atoms with Gasteiger partial charge in [-0.1, -0.05) is 31.4 Å². The molecule has 0 aliphatic carbocycles. The third-order valence-electron chi connectivity index (χ3n) is 5.50. The summed E-state index contributed by atoms with van der Waals surface area (Å²) in [7, 11) is 3.50. The van der Waals surface area contributed by atoms with Gasteiger partial charge in [-0.2, -0.15) is 0 Å². The maximum atomic E-state index is 12.3. The Balaban J connectivity index is 2.08. The molecule has 8 nitrogen and oxygen atoms in total. The maximum Gasteiger partial charge on any atom is 0.303 e. The first kappa shape index (κ1) is 23.4. The number of rotatable bonds is 12. The summed E-state index contributed by atoms with van der Waals surface area (Å²) in [5.41, 5.74) is 2.57. The van der Waals surface area contributed by atoms with Crippen LogP contribution in [0, 0.1) is 0 Å². The molecule has 0 spiro atoms. The molecule has 8 heteroatoms. The van der Waals surface area contributed by atoms with E-state index in [2.05, 4.69) is 5.32 Å². The predicted molar refractivity (Wildman–Crippen MR) is 115 cm³/mol. The molecule has 1 atom stereocenters. The molecule has 2 rings (SSSR count). The number of nitrogens with zero attached hydrogens (tertiary/aromatic N) is 2. The first-order valence-corrected chi connectivity index (χ1v) is 10.4. The van der Waals surface area contributed by atoms with Crippen LogP contribution in [0.4, 0.5) is 11.4 Å². The highest BCUT2D eigenvalue weighted by atomic mass is 16.4. The molecule has 1 aliphatic heterocycles. The first-order valence-electron chi connectivity index (χ1n) is 10.4. The van der Waals surface area contributed by atoms with E-state index in [9.17, 15) is 19.2 Å². The van der Waals surface area contributed by atoms with Crippen LogP contribution in [0.1, 0.15) is 56.9 Å². The smallest absolute Gasteiger partial charge is 0.303 e. The summed E-state index contributed by atoms with van der Waals surface area (Å²) >= 11 is 0. The van der Waals surface area contributed by atoms with E-state index in [-0.39, 0.29) is 18.2 Å². The van der Waals surface area contributed by atoms with Gasteiger partial charge in [0.25, 0.3) is 0 Å². The van der Waals surface area contributed by atoms with Crippen molar-refractivity contribution in [3.05, 3.63) is 23.8 Å². The molecule has 1 fully saturated rings. The van der Waals surface area contributed by atoms with E-state index in [0.717, 1.165) is 55.5 Å². The number of carboxylic acids is 1. The molecule has 3 amide bonds. The highest BCUT2D eigenvalue weighted by molar-refractivity contribution is 6.02. The topological polar surface area (TPSA) is 107 Å². The number of carbonyl (C=O) groups is 4. The normalized spacial score (nSPS) is 16.1. The van der Waals surface area contributed by atoms with Crippen LogP contribution in [-0.4, -0.2) is 49.4 Å². The van der Waals surface area contributed by atoms with Crippen LogP contribution in [0.25, 0.3) is 0 Å². The van der Waals surface area contributed by atoms with Gasteiger partial charge in [-0.15, -0.1) is 0 Å². The number of aliphatic carboxylic acids is 1. The fourth-order valence-electron chi connectivity index (χ4n) is 3.87. The largest absolute Gasteiger partial charge is 0.481 e. The van der Waals surface area contributed by atoms with E-state index < -0.39 is 12.0 Å². The zero-order valence-corrected chi connectivity index (χ0v) is 17.7. The molecule has 2 N–H and O–H groups in total. The van der Waals surface area contributed by atoms with Crippen molar-refractivity contribution in [3.63, 3.8) is 0 Å². The number of likely N-dealkylation sites (N-methyl/N-ethyl adjacent to an activating group) is 1. The number of hydrogen-bond donors (Lipinski definition) is 2. The molecule has 1 unspecified atom stereocenters. The summed E-state index contributed by atoms with van der Waals surface area (Å²) in [6.07, 6.45) is 6.95. The van der Waals surface area contributed by atoms with Crippen molar-refractivity contribution in [3.8, 4) is 0 Å². The Labute approximate surface area is 177 Å². The van der Waals surface area contributed by atoms with Gasteiger partial charge in [0.15, 0.2) is 0 Å². The van der Waals surface area contributed by atoms with Crippen LogP contribution in [0.2, 0.25) is 0 Å². The Hall–Kier alpha value is -2.90. The highest BCUT2D eigenvalue weighted by Gasteiger charge is 2.31. The molecule has 0 radical (unpaired) electrons. The Morgan fingerprint density at radius 1 is 1.17 bits per heavy atom. The standard InChI is InChI=1S/C22H31N3O5/c1-24(15-26)21-16(9-6-4-3-5-7-12-20(28)29)10-8-11-17(21)25(2)18-13-14-19(27)23-22(18)30/h8,10-11,15,18H,3-7,9,12-14H2,1-2H3,(H,28,29)(H,23,27,30). The summed E-state index contributed by atoms with van der Waals surface area (Å²) < 4.78 is 0. The minimum Gasteiger partial charge on any atom is -0.481 e. The average Bonchev–Trinajstić information content (AvgIpc) is 2.71. The lowest BCUT2D eigenvalue weighted by Gasteiger charge is -2.34. The van der Waals surface area contributed by atoms with E-state index in [1.54, 1.807) is 7.05 Å². The molecule has 1 aromatic rings. The Kier molecular flexibility index (Phi) is 8.83.